The maximum absolute atomic E-state index is 12.5. The molecule has 0 radical (unpaired) electrons. The Labute approximate surface area is 158 Å². The molecule has 7 nitrogen and oxygen atoms in total. The van der Waals surface area contributed by atoms with Gasteiger partial charge < -0.3 is 19.2 Å². The van der Waals surface area contributed by atoms with Gasteiger partial charge in [0.1, 0.15) is 5.76 Å². The van der Waals surface area contributed by atoms with Crippen molar-refractivity contribution >= 4 is 28.7 Å². The van der Waals surface area contributed by atoms with Crippen molar-refractivity contribution in [2.45, 2.75) is 20.3 Å². The van der Waals surface area contributed by atoms with E-state index in [4.69, 9.17) is 13.9 Å². The molecule has 1 aliphatic heterocycles. The number of ketones is 1. The Hall–Kier alpha value is -3.13. The molecule has 0 atom stereocenters. The van der Waals surface area contributed by atoms with Gasteiger partial charge >= 0.3 is 0 Å². The van der Waals surface area contributed by atoms with Gasteiger partial charge in [0.2, 0.25) is 18.6 Å². The standard InChI is InChI=1S/C19H16N2O5S/c1-10(22)12-6-15-16(25-9-24-15)7-14(12)20-18(23)8-13-11(2)26-19(21-13)17-4-3-5-27-17/h3-7H,8-9H2,1-2H3,(H,20,23). The van der Waals surface area contributed by atoms with Crippen LogP contribution in [0.3, 0.4) is 0 Å². The summed E-state index contributed by atoms with van der Waals surface area (Å²) in [6.07, 6.45) is 0.0342. The highest BCUT2D eigenvalue weighted by atomic mass is 32.1. The van der Waals surface area contributed by atoms with E-state index in [9.17, 15) is 9.59 Å². The Morgan fingerprint density at radius 3 is 2.74 bits per heavy atom. The molecule has 0 fully saturated rings. The van der Waals surface area contributed by atoms with Crippen molar-refractivity contribution in [2.24, 2.45) is 0 Å². The summed E-state index contributed by atoms with van der Waals surface area (Å²) in [5.74, 6) is 1.59. The molecule has 0 spiro atoms. The molecule has 1 aromatic carbocycles. The lowest BCUT2D eigenvalue weighted by molar-refractivity contribution is -0.115. The first-order valence-electron chi connectivity index (χ1n) is 8.26. The van der Waals surface area contributed by atoms with E-state index < -0.39 is 0 Å². The first-order chi connectivity index (χ1) is 13.0. The maximum atomic E-state index is 12.5. The van der Waals surface area contributed by atoms with Gasteiger partial charge in [-0.1, -0.05) is 6.07 Å². The number of aromatic nitrogens is 1. The Morgan fingerprint density at radius 2 is 2.04 bits per heavy atom. The number of nitrogens with one attached hydrogen (secondary N) is 1. The van der Waals surface area contributed by atoms with E-state index in [1.54, 1.807) is 19.1 Å². The highest BCUT2D eigenvalue weighted by molar-refractivity contribution is 7.13. The van der Waals surface area contributed by atoms with E-state index in [1.807, 2.05) is 17.5 Å². The summed E-state index contributed by atoms with van der Waals surface area (Å²) in [4.78, 5) is 29.8. The van der Waals surface area contributed by atoms with Crippen molar-refractivity contribution < 1.29 is 23.5 Å². The van der Waals surface area contributed by atoms with Gasteiger partial charge in [0.25, 0.3) is 0 Å². The second-order valence-electron chi connectivity index (χ2n) is 6.03. The zero-order chi connectivity index (χ0) is 19.0. The molecule has 1 amide bonds. The van der Waals surface area contributed by atoms with Gasteiger partial charge in [0, 0.05) is 11.6 Å². The van der Waals surface area contributed by atoms with Crippen LogP contribution in [0.5, 0.6) is 11.5 Å². The Balaban J connectivity index is 1.54. The number of Topliss-reactive ketones (excluding diaryl/α,β-unsaturated/α-hetero) is 1. The minimum Gasteiger partial charge on any atom is -0.454 e. The van der Waals surface area contributed by atoms with Crippen LogP contribution in [-0.2, 0) is 11.2 Å². The van der Waals surface area contributed by atoms with E-state index in [-0.39, 0.29) is 24.9 Å². The highest BCUT2D eigenvalue weighted by Crippen LogP contribution is 2.37. The van der Waals surface area contributed by atoms with Crippen LogP contribution in [-0.4, -0.2) is 23.5 Å². The summed E-state index contributed by atoms with van der Waals surface area (Å²) in [6, 6.07) is 7.00. The maximum Gasteiger partial charge on any atom is 0.236 e. The molecule has 8 heteroatoms. The lowest BCUT2D eigenvalue weighted by Crippen LogP contribution is -2.17. The average molecular weight is 384 g/mol. The van der Waals surface area contributed by atoms with Crippen LogP contribution in [0.4, 0.5) is 5.69 Å². The number of nitrogens with zero attached hydrogens (tertiary/aromatic N) is 1. The van der Waals surface area contributed by atoms with Gasteiger partial charge in [-0.3, -0.25) is 9.59 Å². The van der Waals surface area contributed by atoms with Crippen molar-refractivity contribution in [3.05, 3.63) is 46.7 Å². The summed E-state index contributed by atoms with van der Waals surface area (Å²) < 4.78 is 16.3. The molecule has 0 saturated heterocycles. The molecule has 2 aromatic heterocycles. The van der Waals surface area contributed by atoms with Crippen LogP contribution in [0.25, 0.3) is 10.8 Å². The molecule has 1 N–H and O–H groups in total. The molecule has 3 aromatic rings. The number of thiophene rings is 1. The van der Waals surface area contributed by atoms with Crippen LogP contribution in [0.1, 0.15) is 28.7 Å². The van der Waals surface area contributed by atoms with Crippen molar-refractivity contribution in [2.75, 3.05) is 12.1 Å². The van der Waals surface area contributed by atoms with Crippen LogP contribution in [0, 0.1) is 6.92 Å². The second-order valence-corrected chi connectivity index (χ2v) is 6.98. The number of hydrogen-bond acceptors (Lipinski definition) is 7. The number of anilines is 1. The zero-order valence-corrected chi connectivity index (χ0v) is 15.5. The molecule has 3 heterocycles. The number of ether oxygens (including phenoxy) is 2. The first-order valence-corrected chi connectivity index (χ1v) is 9.14. The Morgan fingerprint density at radius 1 is 1.26 bits per heavy atom. The number of rotatable bonds is 5. The molecule has 0 aliphatic carbocycles. The smallest absolute Gasteiger partial charge is 0.236 e. The average Bonchev–Trinajstić information content (AvgIpc) is 3.35. The van der Waals surface area contributed by atoms with Gasteiger partial charge in [-0.05, 0) is 31.4 Å². The van der Waals surface area contributed by atoms with Crippen molar-refractivity contribution in [1.29, 1.82) is 0 Å². The van der Waals surface area contributed by atoms with Gasteiger partial charge in [-0.15, -0.1) is 11.3 Å². The fourth-order valence-electron chi connectivity index (χ4n) is 2.78. The van der Waals surface area contributed by atoms with E-state index in [0.717, 1.165) is 4.88 Å². The predicted octanol–water partition coefficient (Wildman–Crippen LogP) is 3.82. The number of carbonyl (C=O) groups is 2. The molecule has 4 rings (SSSR count). The Bertz CT molecular complexity index is 1020. The Kier molecular flexibility index (Phi) is 4.41. The SMILES string of the molecule is CC(=O)c1cc2c(cc1NC(=O)Cc1nc(-c3cccs3)oc1C)OCO2. The van der Waals surface area contributed by atoms with Crippen molar-refractivity contribution in [3.63, 3.8) is 0 Å². The van der Waals surface area contributed by atoms with Gasteiger partial charge in [-0.2, -0.15) is 0 Å². The monoisotopic (exact) mass is 384 g/mol. The largest absolute Gasteiger partial charge is 0.454 e. The summed E-state index contributed by atoms with van der Waals surface area (Å²) in [6.45, 7) is 3.30. The molecular formula is C19H16N2O5S. The number of aryl methyl sites for hydroxylation is 1. The normalized spacial score (nSPS) is 12.2. The van der Waals surface area contributed by atoms with Crippen LogP contribution < -0.4 is 14.8 Å². The quantitative estimate of drug-likeness (QED) is 0.673. The molecule has 1 aliphatic rings. The van der Waals surface area contributed by atoms with E-state index in [1.165, 1.54) is 18.3 Å². The third-order valence-electron chi connectivity index (χ3n) is 4.12. The zero-order valence-electron chi connectivity index (χ0n) is 14.7. The number of amides is 1. The second kappa shape index (κ2) is 6.88. The minimum atomic E-state index is -0.300. The molecule has 0 unspecified atom stereocenters. The predicted molar refractivity (Wildman–Crippen MR) is 99.5 cm³/mol. The van der Waals surface area contributed by atoms with Crippen LogP contribution in [0.15, 0.2) is 34.1 Å². The fourth-order valence-corrected chi connectivity index (χ4v) is 3.43. The highest BCUT2D eigenvalue weighted by Gasteiger charge is 2.21. The molecule has 0 bridgehead atoms. The number of benzene rings is 1. The van der Waals surface area contributed by atoms with E-state index in [2.05, 4.69) is 10.3 Å². The van der Waals surface area contributed by atoms with Crippen LogP contribution in [0.2, 0.25) is 0 Å². The summed E-state index contributed by atoms with van der Waals surface area (Å²) in [7, 11) is 0. The third kappa shape index (κ3) is 3.43. The molecule has 27 heavy (non-hydrogen) atoms. The number of carbonyl (C=O) groups excluding carboxylic acids is 2. The van der Waals surface area contributed by atoms with Crippen LogP contribution >= 0.6 is 11.3 Å². The van der Waals surface area contributed by atoms with Gasteiger partial charge in [0.15, 0.2) is 17.3 Å². The minimum absolute atomic E-state index is 0.0342. The fraction of sp³-hybridized carbons (Fsp3) is 0.211. The lowest BCUT2D eigenvalue weighted by Gasteiger charge is -2.10. The first kappa shape index (κ1) is 17.3. The summed E-state index contributed by atoms with van der Waals surface area (Å²) in [5, 5.41) is 4.70. The summed E-state index contributed by atoms with van der Waals surface area (Å²) in [5.41, 5.74) is 1.31. The number of oxazole rings is 1. The molecule has 0 saturated carbocycles. The third-order valence-corrected chi connectivity index (χ3v) is 4.98. The molecule has 138 valence electrons. The summed E-state index contributed by atoms with van der Waals surface area (Å²) >= 11 is 1.52. The van der Waals surface area contributed by atoms with Crippen molar-refractivity contribution in [1.82, 2.24) is 4.98 Å². The van der Waals surface area contributed by atoms with E-state index in [0.29, 0.717) is 40.1 Å². The van der Waals surface area contributed by atoms with Crippen molar-refractivity contribution in [3.8, 4) is 22.3 Å². The topological polar surface area (TPSA) is 90.7 Å². The number of hydrogen-bond donors (Lipinski definition) is 1. The van der Waals surface area contributed by atoms with Gasteiger partial charge in [0.05, 0.1) is 22.7 Å². The number of fused-ring (bicyclic) bond motifs is 1. The lowest BCUT2D eigenvalue weighted by atomic mass is 10.1. The van der Waals surface area contributed by atoms with Gasteiger partial charge in [-0.25, -0.2) is 4.98 Å². The van der Waals surface area contributed by atoms with E-state index >= 15 is 0 Å². The molecular weight excluding hydrogens is 368 g/mol.